The van der Waals surface area contributed by atoms with E-state index < -0.39 is 11.8 Å². The zero-order valence-corrected chi connectivity index (χ0v) is 11.0. The molecule has 7 nitrogen and oxygen atoms in total. The number of anilines is 1. The first kappa shape index (κ1) is 15.5. The molecule has 0 spiro atoms. The second-order valence-corrected chi connectivity index (χ2v) is 3.72. The fourth-order valence-corrected chi connectivity index (χ4v) is 1.53. The minimum absolute atomic E-state index is 0.00185. The van der Waals surface area contributed by atoms with Crippen molar-refractivity contribution < 1.29 is 19.6 Å². The molecule has 0 unspecified atom stereocenters. The third-order valence-corrected chi connectivity index (χ3v) is 2.50. The average molecular weight is 277 g/mol. The zero-order valence-electron chi connectivity index (χ0n) is 11.0. The Balaban J connectivity index is 3.28. The van der Waals surface area contributed by atoms with Crippen LogP contribution in [0, 0.1) is 0 Å². The molecule has 1 heterocycles. The summed E-state index contributed by atoms with van der Waals surface area (Å²) in [6.07, 6.45) is 2.91. The molecule has 0 atom stereocenters. The van der Waals surface area contributed by atoms with Crippen LogP contribution >= 0.6 is 0 Å². The Morgan fingerprint density at radius 2 is 2.20 bits per heavy atom. The number of carbonyl (C=O) groups excluding carboxylic acids is 3. The summed E-state index contributed by atoms with van der Waals surface area (Å²) in [5, 5.41) is 9.97. The van der Waals surface area contributed by atoms with E-state index in [1.165, 1.54) is 18.3 Å². The summed E-state index contributed by atoms with van der Waals surface area (Å²) >= 11 is 0. The highest BCUT2D eigenvalue weighted by Crippen LogP contribution is 2.18. The lowest BCUT2D eigenvalue weighted by molar-refractivity contribution is -0.116. The molecule has 106 valence electrons. The van der Waals surface area contributed by atoms with Gasteiger partial charge in [-0.1, -0.05) is 6.58 Å². The van der Waals surface area contributed by atoms with Crippen LogP contribution < -0.4 is 4.90 Å². The lowest BCUT2D eigenvalue weighted by Gasteiger charge is -2.21. The van der Waals surface area contributed by atoms with Gasteiger partial charge in [0.2, 0.25) is 0 Å². The molecule has 0 aliphatic carbocycles. The number of hydroxylamine groups is 2. The molecule has 20 heavy (non-hydrogen) atoms. The van der Waals surface area contributed by atoms with E-state index in [1.54, 1.807) is 6.92 Å². The van der Waals surface area contributed by atoms with Crippen LogP contribution in [0.5, 0.6) is 0 Å². The third-order valence-electron chi connectivity index (χ3n) is 2.50. The van der Waals surface area contributed by atoms with Gasteiger partial charge >= 0.3 is 0 Å². The molecule has 0 bridgehead atoms. The predicted molar refractivity (Wildman–Crippen MR) is 71.3 cm³/mol. The molecule has 2 amide bonds. The lowest BCUT2D eigenvalue weighted by Crippen LogP contribution is -2.35. The highest BCUT2D eigenvalue weighted by Gasteiger charge is 2.23. The van der Waals surface area contributed by atoms with Gasteiger partial charge < -0.3 is 4.79 Å². The van der Waals surface area contributed by atoms with Crippen molar-refractivity contribution in [3.8, 4) is 0 Å². The number of pyridine rings is 1. The van der Waals surface area contributed by atoms with E-state index >= 15 is 0 Å². The van der Waals surface area contributed by atoms with Crippen molar-refractivity contribution in [2.45, 2.75) is 6.92 Å². The van der Waals surface area contributed by atoms with Crippen molar-refractivity contribution in [1.82, 2.24) is 10.0 Å². The molecule has 7 heteroatoms. The first-order chi connectivity index (χ1) is 9.56. The van der Waals surface area contributed by atoms with Crippen molar-refractivity contribution >= 4 is 23.9 Å². The summed E-state index contributed by atoms with van der Waals surface area (Å²) in [5.74, 6) is -1.27. The first-order valence-corrected chi connectivity index (χ1v) is 5.90. The minimum Gasteiger partial charge on any atom is -0.301 e. The van der Waals surface area contributed by atoms with E-state index in [9.17, 15) is 19.6 Å². The fraction of sp³-hybridized carbons (Fsp3) is 0.231. The van der Waals surface area contributed by atoms with Crippen molar-refractivity contribution in [3.63, 3.8) is 0 Å². The molecular formula is C13H15N3O4. The van der Waals surface area contributed by atoms with Gasteiger partial charge in [-0.05, 0) is 25.1 Å². The number of rotatable bonds is 6. The topological polar surface area (TPSA) is 90.8 Å². The number of hydrogen-bond acceptors (Lipinski definition) is 5. The Kier molecular flexibility index (Phi) is 5.55. The van der Waals surface area contributed by atoms with Crippen LogP contribution in [-0.2, 0) is 9.59 Å². The van der Waals surface area contributed by atoms with Crippen molar-refractivity contribution in [3.05, 3.63) is 36.5 Å². The number of nitrogens with zero attached hydrogens (tertiary/aromatic N) is 3. The monoisotopic (exact) mass is 277 g/mol. The largest absolute Gasteiger partial charge is 0.301 e. The Hall–Kier alpha value is -2.54. The Morgan fingerprint density at radius 1 is 1.50 bits per heavy atom. The van der Waals surface area contributed by atoms with Gasteiger partial charge in [-0.2, -0.15) is 0 Å². The summed E-state index contributed by atoms with van der Waals surface area (Å²) in [5.41, 5.74) is 0.0221. The Labute approximate surface area is 116 Å². The normalized spacial score (nSPS) is 9.70. The lowest BCUT2D eigenvalue weighted by atomic mass is 10.2. The maximum Gasteiger partial charge on any atom is 0.280 e. The molecule has 0 aliphatic heterocycles. The molecule has 0 aromatic carbocycles. The molecule has 1 N–H and O–H groups in total. The first-order valence-electron chi connectivity index (χ1n) is 5.90. The molecule has 1 rings (SSSR count). The van der Waals surface area contributed by atoms with E-state index in [2.05, 4.69) is 11.6 Å². The summed E-state index contributed by atoms with van der Waals surface area (Å²) in [4.78, 5) is 39.4. The van der Waals surface area contributed by atoms with Crippen LogP contribution in [0.15, 0.2) is 31.0 Å². The van der Waals surface area contributed by atoms with Crippen LogP contribution in [-0.4, -0.2) is 46.4 Å². The Morgan fingerprint density at radius 3 is 2.75 bits per heavy atom. The van der Waals surface area contributed by atoms with Gasteiger partial charge in [0.25, 0.3) is 11.8 Å². The SMILES string of the molecule is C=CC(=O)N(CC=O)c1ncccc1C(=O)N(O)CC. The standard InChI is InChI=1S/C13H15N3O4/c1-3-11(18)15(8-9-17)12-10(6-5-7-14-12)13(19)16(20)4-2/h3,5-7,9,20H,1,4,8H2,2H3. The maximum absolute atomic E-state index is 12.0. The van der Waals surface area contributed by atoms with Crippen LogP contribution in [0.1, 0.15) is 17.3 Å². The van der Waals surface area contributed by atoms with Gasteiger partial charge in [0.1, 0.15) is 12.1 Å². The van der Waals surface area contributed by atoms with Crippen molar-refractivity contribution in [1.29, 1.82) is 0 Å². The van der Waals surface area contributed by atoms with E-state index in [1.807, 2.05) is 0 Å². The number of hydrogen-bond donors (Lipinski definition) is 1. The third kappa shape index (κ3) is 3.27. The summed E-state index contributed by atoms with van der Waals surface area (Å²) in [6.45, 7) is 4.74. The number of aromatic nitrogens is 1. The van der Waals surface area contributed by atoms with E-state index in [-0.39, 0.29) is 24.5 Å². The number of aldehydes is 1. The maximum atomic E-state index is 12.0. The van der Waals surface area contributed by atoms with Gasteiger partial charge in [0.05, 0.1) is 12.1 Å². The van der Waals surface area contributed by atoms with Gasteiger partial charge in [-0.3, -0.25) is 19.7 Å². The molecule has 0 aliphatic rings. The van der Waals surface area contributed by atoms with E-state index in [4.69, 9.17) is 0 Å². The molecule has 0 saturated heterocycles. The minimum atomic E-state index is -0.705. The van der Waals surface area contributed by atoms with Gasteiger partial charge in [-0.25, -0.2) is 10.0 Å². The molecular weight excluding hydrogens is 262 g/mol. The number of carbonyl (C=O) groups is 3. The number of amides is 2. The van der Waals surface area contributed by atoms with Crippen molar-refractivity contribution in [2.75, 3.05) is 18.0 Å². The zero-order chi connectivity index (χ0) is 15.1. The molecule has 0 radical (unpaired) electrons. The molecule has 0 saturated carbocycles. The van der Waals surface area contributed by atoms with Crippen molar-refractivity contribution in [2.24, 2.45) is 0 Å². The van der Waals surface area contributed by atoms with Gasteiger partial charge in [-0.15, -0.1) is 0 Å². The van der Waals surface area contributed by atoms with Gasteiger partial charge in [0.15, 0.2) is 0 Å². The average Bonchev–Trinajstić information content (AvgIpc) is 2.50. The molecule has 1 aromatic rings. The van der Waals surface area contributed by atoms with Crippen LogP contribution in [0.4, 0.5) is 5.82 Å². The summed E-state index contributed by atoms with van der Waals surface area (Å²) in [7, 11) is 0. The second-order valence-electron chi connectivity index (χ2n) is 3.72. The smallest absolute Gasteiger partial charge is 0.280 e. The van der Waals surface area contributed by atoms with Crippen LogP contribution in [0.2, 0.25) is 0 Å². The molecule has 0 fully saturated rings. The quantitative estimate of drug-likeness (QED) is 0.357. The van der Waals surface area contributed by atoms with Crippen LogP contribution in [0.3, 0.4) is 0 Å². The fourth-order valence-electron chi connectivity index (χ4n) is 1.53. The highest BCUT2D eigenvalue weighted by atomic mass is 16.5. The summed E-state index contributed by atoms with van der Waals surface area (Å²) < 4.78 is 0. The highest BCUT2D eigenvalue weighted by molar-refractivity contribution is 6.07. The summed E-state index contributed by atoms with van der Waals surface area (Å²) in [6, 6.07) is 2.91. The van der Waals surface area contributed by atoms with E-state index in [0.717, 1.165) is 11.0 Å². The molecule has 1 aromatic heterocycles. The van der Waals surface area contributed by atoms with Gasteiger partial charge in [0, 0.05) is 12.7 Å². The Bertz CT molecular complexity index is 530. The van der Waals surface area contributed by atoms with E-state index in [0.29, 0.717) is 11.3 Å². The van der Waals surface area contributed by atoms with Crippen LogP contribution in [0.25, 0.3) is 0 Å². The predicted octanol–water partition coefficient (Wildman–Crippen LogP) is 0.651. The second kappa shape index (κ2) is 7.15.